The molecule has 0 saturated heterocycles. The van der Waals surface area contributed by atoms with Crippen molar-refractivity contribution >= 4 is 16.9 Å². The van der Waals surface area contributed by atoms with Crippen LogP contribution in [-0.4, -0.2) is 39.7 Å². The number of rotatable bonds is 6. The van der Waals surface area contributed by atoms with Crippen LogP contribution in [0.4, 0.5) is 0 Å². The lowest BCUT2D eigenvalue weighted by atomic mass is 10.1. The number of ether oxygens (including phenoxy) is 1. The predicted octanol–water partition coefficient (Wildman–Crippen LogP) is 4.96. The van der Waals surface area contributed by atoms with E-state index in [0.29, 0.717) is 17.8 Å². The summed E-state index contributed by atoms with van der Waals surface area (Å²) < 4.78 is 7.31. The van der Waals surface area contributed by atoms with Crippen molar-refractivity contribution in [3.05, 3.63) is 78.0 Å². The highest BCUT2D eigenvalue weighted by molar-refractivity contribution is 6.06. The number of para-hydroxylation sites is 1. The maximum absolute atomic E-state index is 13.5. The van der Waals surface area contributed by atoms with Crippen LogP contribution < -0.4 is 4.74 Å². The third-order valence-electron chi connectivity index (χ3n) is 5.30. The van der Waals surface area contributed by atoms with E-state index in [9.17, 15) is 4.79 Å². The maximum atomic E-state index is 13.5. The molecule has 0 spiro atoms. The van der Waals surface area contributed by atoms with Crippen LogP contribution in [0.15, 0.2) is 66.9 Å². The number of amides is 1. The summed E-state index contributed by atoms with van der Waals surface area (Å²) in [5.41, 5.74) is 3.97. The number of pyridine rings is 1. The fourth-order valence-electron chi connectivity index (χ4n) is 3.70. The van der Waals surface area contributed by atoms with E-state index in [1.165, 1.54) is 0 Å². The molecule has 2 aromatic carbocycles. The largest absolute Gasteiger partial charge is 0.496 e. The highest BCUT2D eigenvalue weighted by Gasteiger charge is 2.21. The quantitative estimate of drug-likeness (QED) is 0.447. The van der Waals surface area contributed by atoms with Gasteiger partial charge in [0.1, 0.15) is 5.75 Å². The molecule has 0 atom stereocenters. The van der Waals surface area contributed by atoms with Gasteiger partial charge in [0.25, 0.3) is 5.91 Å². The monoisotopic (exact) mass is 414 g/mol. The second-order valence-corrected chi connectivity index (χ2v) is 7.81. The fourth-order valence-corrected chi connectivity index (χ4v) is 3.70. The Hall–Kier alpha value is -3.67. The van der Waals surface area contributed by atoms with Gasteiger partial charge >= 0.3 is 0 Å². The maximum Gasteiger partial charge on any atom is 0.254 e. The van der Waals surface area contributed by atoms with E-state index in [-0.39, 0.29) is 11.9 Å². The van der Waals surface area contributed by atoms with Crippen LogP contribution in [0.2, 0.25) is 0 Å². The molecular formula is C25H26N4O2. The summed E-state index contributed by atoms with van der Waals surface area (Å²) in [7, 11) is 3.44. The Morgan fingerprint density at radius 2 is 1.81 bits per heavy atom. The number of hydrogen-bond acceptors (Lipinski definition) is 4. The van der Waals surface area contributed by atoms with E-state index in [1.807, 2.05) is 65.3 Å². The second kappa shape index (κ2) is 8.60. The number of benzene rings is 2. The molecule has 0 aliphatic rings. The first-order chi connectivity index (χ1) is 15.0. The van der Waals surface area contributed by atoms with Gasteiger partial charge in [-0.05, 0) is 26.0 Å². The molecule has 158 valence electrons. The van der Waals surface area contributed by atoms with Crippen molar-refractivity contribution in [2.24, 2.45) is 0 Å². The van der Waals surface area contributed by atoms with Gasteiger partial charge in [0.2, 0.25) is 0 Å². The van der Waals surface area contributed by atoms with E-state index in [4.69, 9.17) is 9.72 Å². The zero-order valence-corrected chi connectivity index (χ0v) is 18.2. The van der Waals surface area contributed by atoms with Crippen molar-refractivity contribution in [3.8, 4) is 17.0 Å². The molecule has 0 aliphatic carbocycles. The van der Waals surface area contributed by atoms with Crippen LogP contribution in [-0.2, 0) is 6.54 Å². The Labute approximate surface area is 182 Å². The average Bonchev–Trinajstić information content (AvgIpc) is 3.23. The van der Waals surface area contributed by atoms with E-state index >= 15 is 0 Å². The molecule has 1 amide bonds. The number of carbonyl (C=O) groups excluding carboxylic acids is 1. The third kappa shape index (κ3) is 4.01. The molecule has 0 unspecified atom stereocenters. The summed E-state index contributed by atoms with van der Waals surface area (Å²) in [5.74, 6) is 0.679. The number of hydrogen-bond donors (Lipinski definition) is 0. The fraction of sp³-hybridized carbons (Fsp3) is 0.240. The number of aromatic nitrogens is 3. The van der Waals surface area contributed by atoms with E-state index in [0.717, 1.165) is 28.0 Å². The molecule has 31 heavy (non-hydrogen) atoms. The molecule has 0 saturated carbocycles. The average molecular weight is 415 g/mol. The summed E-state index contributed by atoms with van der Waals surface area (Å²) in [4.78, 5) is 20.1. The molecular weight excluding hydrogens is 388 g/mol. The standard InChI is InChI=1S/C25H26N4O2/c1-17(2)29-24-21(15-26-29)20(14-22(27-24)18-10-6-5-7-11-18)25(30)28(3)16-19-12-8-9-13-23(19)31-4/h5-15,17H,16H2,1-4H3. The van der Waals surface area contributed by atoms with Crippen molar-refractivity contribution in [2.45, 2.75) is 26.4 Å². The summed E-state index contributed by atoms with van der Waals surface area (Å²) in [5, 5.41) is 5.26. The minimum absolute atomic E-state index is 0.0845. The lowest BCUT2D eigenvalue weighted by Gasteiger charge is -2.20. The second-order valence-electron chi connectivity index (χ2n) is 7.81. The molecule has 6 nitrogen and oxygen atoms in total. The van der Waals surface area contributed by atoms with Crippen LogP contribution in [0.3, 0.4) is 0 Å². The summed E-state index contributed by atoms with van der Waals surface area (Å²) >= 11 is 0. The van der Waals surface area contributed by atoms with Crippen molar-refractivity contribution < 1.29 is 9.53 Å². The van der Waals surface area contributed by atoms with Crippen LogP contribution in [0, 0.1) is 0 Å². The molecule has 0 fully saturated rings. The van der Waals surface area contributed by atoms with Crippen molar-refractivity contribution in [1.82, 2.24) is 19.7 Å². The molecule has 0 N–H and O–H groups in total. The zero-order valence-electron chi connectivity index (χ0n) is 18.2. The first kappa shape index (κ1) is 20.6. The highest BCUT2D eigenvalue weighted by atomic mass is 16.5. The van der Waals surface area contributed by atoms with Gasteiger partial charge in [-0.3, -0.25) is 4.79 Å². The van der Waals surface area contributed by atoms with E-state index < -0.39 is 0 Å². The minimum atomic E-state index is -0.0845. The SMILES string of the molecule is COc1ccccc1CN(C)C(=O)c1cc(-c2ccccc2)nc2c1cnn2C(C)C. The van der Waals surface area contributed by atoms with Crippen molar-refractivity contribution in [2.75, 3.05) is 14.2 Å². The van der Waals surface area contributed by atoms with Crippen molar-refractivity contribution in [1.29, 1.82) is 0 Å². The van der Waals surface area contributed by atoms with Crippen LogP contribution in [0.5, 0.6) is 5.75 Å². The Kier molecular flexibility index (Phi) is 5.71. The van der Waals surface area contributed by atoms with Gasteiger partial charge in [-0.1, -0.05) is 48.5 Å². The van der Waals surface area contributed by atoms with Gasteiger partial charge in [-0.25, -0.2) is 9.67 Å². The first-order valence-corrected chi connectivity index (χ1v) is 10.3. The van der Waals surface area contributed by atoms with Crippen molar-refractivity contribution in [3.63, 3.8) is 0 Å². The van der Waals surface area contributed by atoms with Gasteiger partial charge in [0, 0.05) is 30.8 Å². The van der Waals surface area contributed by atoms with Gasteiger partial charge in [-0.15, -0.1) is 0 Å². The normalized spacial score (nSPS) is 11.1. The van der Waals surface area contributed by atoms with Gasteiger partial charge in [-0.2, -0.15) is 5.10 Å². The summed E-state index contributed by atoms with van der Waals surface area (Å²) in [6.07, 6.45) is 1.74. The number of methoxy groups -OCH3 is 1. The van der Waals surface area contributed by atoms with Crippen LogP contribution in [0.1, 0.15) is 35.8 Å². The molecule has 0 radical (unpaired) electrons. The molecule has 4 rings (SSSR count). The predicted molar refractivity (Wildman–Crippen MR) is 122 cm³/mol. The Bertz CT molecular complexity index is 1210. The number of carbonyl (C=O) groups is 1. The molecule has 6 heteroatoms. The lowest BCUT2D eigenvalue weighted by molar-refractivity contribution is 0.0786. The molecule has 0 aliphatic heterocycles. The van der Waals surface area contributed by atoms with E-state index in [2.05, 4.69) is 18.9 Å². The van der Waals surface area contributed by atoms with Crippen LogP contribution >= 0.6 is 0 Å². The molecule has 2 heterocycles. The number of fused-ring (bicyclic) bond motifs is 1. The van der Waals surface area contributed by atoms with E-state index in [1.54, 1.807) is 25.3 Å². The molecule has 4 aromatic rings. The molecule has 2 aromatic heterocycles. The van der Waals surface area contributed by atoms with Gasteiger partial charge in [0.15, 0.2) is 5.65 Å². The minimum Gasteiger partial charge on any atom is -0.496 e. The highest BCUT2D eigenvalue weighted by Crippen LogP contribution is 2.28. The van der Waals surface area contributed by atoms with Gasteiger partial charge < -0.3 is 9.64 Å². The lowest BCUT2D eigenvalue weighted by Crippen LogP contribution is -2.26. The Morgan fingerprint density at radius 1 is 1.10 bits per heavy atom. The summed E-state index contributed by atoms with van der Waals surface area (Å²) in [6.45, 7) is 4.54. The first-order valence-electron chi connectivity index (χ1n) is 10.3. The summed E-state index contributed by atoms with van der Waals surface area (Å²) in [6, 6.07) is 19.6. The third-order valence-corrected chi connectivity index (χ3v) is 5.30. The smallest absolute Gasteiger partial charge is 0.254 e. The van der Waals surface area contributed by atoms with Crippen LogP contribution in [0.25, 0.3) is 22.3 Å². The van der Waals surface area contributed by atoms with Gasteiger partial charge in [0.05, 0.1) is 30.0 Å². The topological polar surface area (TPSA) is 60.2 Å². The Balaban J connectivity index is 1.79. The number of nitrogens with zero attached hydrogens (tertiary/aromatic N) is 4. The Morgan fingerprint density at radius 3 is 2.52 bits per heavy atom. The zero-order chi connectivity index (χ0) is 22.0. The molecule has 0 bridgehead atoms.